The zero-order valence-corrected chi connectivity index (χ0v) is 13.9. The first-order valence-corrected chi connectivity index (χ1v) is 8.39. The maximum absolute atomic E-state index is 12.2. The van der Waals surface area contributed by atoms with Gasteiger partial charge in [0.25, 0.3) is 5.56 Å². The van der Waals surface area contributed by atoms with Crippen molar-refractivity contribution < 1.29 is 9.47 Å². The van der Waals surface area contributed by atoms with Gasteiger partial charge in [0.1, 0.15) is 5.75 Å². The predicted octanol–water partition coefficient (Wildman–Crippen LogP) is 2.81. The van der Waals surface area contributed by atoms with Gasteiger partial charge in [-0.25, -0.2) is 4.98 Å². The van der Waals surface area contributed by atoms with E-state index in [1.54, 1.807) is 17.0 Å². The van der Waals surface area contributed by atoms with Crippen LogP contribution in [-0.2, 0) is 11.3 Å². The van der Waals surface area contributed by atoms with Gasteiger partial charge in [0, 0.05) is 37.8 Å². The molecule has 0 radical (unpaired) electrons. The number of aromatic nitrogens is 2. The Morgan fingerprint density at radius 2 is 2.04 bits per heavy atom. The molecule has 0 saturated carbocycles. The first kappa shape index (κ1) is 16.5. The summed E-state index contributed by atoms with van der Waals surface area (Å²) in [5, 5.41) is 3.06. The molecular weight excluding hydrogens is 306 g/mol. The number of anilines is 2. The van der Waals surface area contributed by atoms with E-state index in [1.807, 2.05) is 31.2 Å². The van der Waals surface area contributed by atoms with Crippen LogP contribution in [0.1, 0.15) is 19.8 Å². The van der Waals surface area contributed by atoms with Crippen LogP contribution >= 0.6 is 0 Å². The van der Waals surface area contributed by atoms with Gasteiger partial charge in [-0.2, -0.15) is 0 Å². The smallest absolute Gasteiger partial charge is 0.293 e. The van der Waals surface area contributed by atoms with Crippen molar-refractivity contribution >= 4 is 11.5 Å². The average molecular weight is 329 g/mol. The van der Waals surface area contributed by atoms with Crippen molar-refractivity contribution in [1.82, 2.24) is 9.55 Å². The molecular formula is C18H23N3O3. The molecule has 0 atom stereocenters. The molecule has 1 aliphatic rings. The number of benzene rings is 1. The van der Waals surface area contributed by atoms with E-state index in [1.165, 1.54) is 0 Å². The lowest BCUT2D eigenvalue weighted by Gasteiger charge is -2.22. The van der Waals surface area contributed by atoms with Gasteiger partial charge in [-0.05, 0) is 49.9 Å². The highest BCUT2D eigenvalue weighted by atomic mass is 16.5. The number of ether oxygens (including phenoxy) is 2. The third-order valence-electron chi connectivity index (χ3n) is 4.20. The molecule has 0 bridgehead atoms. The Morgan fingerprint density at radius 3 is 2.75 bits per heavy atom. The number of nitrogens with zero attached hydrogens (tertiary/aromatic N) is 2. The lowest BCUT2D eigenvalue weighted by atomic mass is 10.0. The quantitative estimate of drug-likeness (QED) is 0.883. The summed E-state index contributed by atoms with van der Waals surface area (Å²) in [6, 6.07) is 7.60. The maximum Gasteiger partial charge on any atom is 0.293 e. The van der Waals surface area contributed by atoms with Crippen LogP contribution in [0.3, 0.4) is 0 Å². The highest BCUT2D eigenvalue weighted by molar-refractivity contribution is 5.56. The summed E-state index contributed by atoms with van der Waals surface area (Å²) in [5.41, 5.74) is 0.687. The van der Waals surface area contributed by atoms with E-state index in [0.717, 1.165) is 44.1 Å². The second-order valence-electron chi connectivity index (χ2n) is 5.88. The Morgan fingerprint density at radius 1 is 1.29 bits per heavy atom. The van der Waals surface area contributed by atoms with E-state index in [9.17, 15) is 4.79 Å². The number of nitrogens with one attached hydrogen (secondary N) is 1. The van der Waals surface area contributed by atoms with E-state index in [0.29, 0.717) is 18.3 Å². The van der Waals surface area contributed by atoms with Crippen LogP contribution in [0.4, 0.5) is 11.5 Å². The zero-order chi connectivity index (χ0) is 16.8. The van der Waals surface area contributed by atoms with Gasteiger partial charge >= 0.3 is 0 Å². The molecule has 6 nitrogen and oxygen atoms in total. The van der Waals surface area contributed by atoms with E-state index in [2.05, 4.69) is 10.3 Å². The molecule has 1 aromatic carbocycles. The van der Waals surface area contributed by atoms with E-state index in [4.69, 9.17) is 9.47 Å². The van der Waals surface area contributed by atoms with Gasteiger partial charge in [-0.15, -0.1) is 0 Å². The molecule has 0 aliphatic carbocycles. The topological polar surface area (TPSA) is 65.4 Å². The largest absolute Gasteiger partial charge is 0.493 e. The van der Waals surface area contributed by atoms with E-state index in [-0.39, 0.29) is 5.56 Å². The summed E-state index contributed by atoms with van der Waals surface area (Å²) in [6.07, 6.45) is 5.42. The summed E-state index contributed by atoms with van der Waals surface area (Å²) >= 11 is 0. The van der Waals surface area contributed by atoms with E-state index >= 15 is 0 Å². The summed E-state index contributed by atoms with van der Waals surface area (Å²) in [7, 11) is 0. The lowest BCUT2D eigenvalue weighted by Crippen LogP contribution is -2.22. The van der Waals surface area contributed by atoms with Gasteiger partial charge in [0.2, 0.25) is 0 Å². The van der Waals surface area contributed by atoms with Crippen LogP contribution in [0.25, 0.3) is 0 Å². The molecule has 1 N–H and O–H groups in total. The minimum absolute atomic E-state index is 0.125. The molecule has 2 heterocycles. The fraction of sp³-hybridized carbons (Fsp3) is 0.444. The summed E-state index contributed by atoms with van der Waals surface area (Å²) in [6.45, 7) is 4.93. The molecule has 3 rings (SSSR count). The molecule has 2 aromatic rings. The number of hydrogen-bond acceptors (Lipinski definition) is 5. The van der Waals surface area contributed by atoms with Crippen molar-refractivity contribution in [3.8, 4) is 5.75 Å². The van der Waals surface area contributed by atoms with Crippen molar-refractivity contribution in [1.29, 1.82) is 0 Å². The van der Waals surface area contributed by atoms with Crippen molar-refractivity contribution in [3.05, 3.63) is 47.0 Å². The second kappa shape index (κ2) is 7.97. The molecule has 1 saturated heterocycles. The van der Waals surface area contributed by atoms with Gasteiger partial charge in [-0.3, -0.25) is 4.79 Å². The molecule has 0 unspecified atom stereocenters. The van der Waals surface area contributed by atoms with E-state index < -0.39 is 0 Å². The SMILES string of the molecule is CCn1ccnc(Nc2ccc(OCC3CCOCC3)cc2)c1=O. The molecule has 24 heavy (non-hydrogen) atoms. The molecule has 128 valence electrons. The Kier molecular flexibility index (Phi) is 5.48. The molecule has 6 heteroatoms. The minimum atomic E-state index is -0.125. The van der Waals surface area contributed by atoms with Gasteiger partial charge in [0.15, 0.2) is 5.82 Å². The van der Waals surface area contributed by atoms with Crippen LogP contribution in [0.5, 0.6) is 5.75 Å². The van der Waals surface area contributed by atoms with Crippen molar-refractivity contribution in [2.45, 2.75) is 26.3 Å². The van der Waals surface area contributed by atoms with Crippen LogP contribution in [-0.4, -0.2) is 29.4 Å². The second-order valence-corrected chi connectivity index (χ2v) is 5.88. The molecule has 1 aliphatic heterocycles. The Hall–Kier alpha value is -2.34. The Balaban J connectivity index is 1.59. The average Bonchev–Trinajstić information content (AvgIpc) is 2.64. The first-order valence-electron chi connectivity index (χ1n) is 8.39. The number of rotatable bonds is 6. The normalized spacial score (nSPS) is 15.2. The first-order chi connectivity index (χ1) is 11.8. The highest BCUT2D eigenvalue weighted by Gasteiger charge is 2.14. The standard InChI is InChI=1S/C18H23N3O3/c1-2-21-10-9-19-17(18(21)22)20-15-3-5-16(6-4-15)24-13-14-7-11-23-12-8-14/h3-6,9-10,14H,2,7-8,11-13H2,1H3,(H,19,20). The van der Waals surface area contributed by atoms with Crippen LogP contribution in [0, 0.1) is 5.92 Å². The summed E-state index contributed by atoms with van der Waals surface area (Å²) < 4.78 is 12.8. The van der Waals surface area contributed by atoms with Crippen molar-refractivity contribution in [3.63, 3.8) is 0 Å². The maximum atomic E-state index is 12.2. The fourth-order valence-electron chi connectivity index (χ4n) is 2.68. The van der Waals surface area contributed by atoms with Crippen molar-refractivity contribution in [2.24, 2.45) is 5.92 Å². The van der Waals surface area contributed by atoms with Crippen LogP contribution < -0.4 is 15.6 Å². The molecule has 1 fully saturated rings. The number of aryl methyl sites for hydroxylation is 1. The number of hydrogen-bond donors (Lipinski definition) is 1. The lowest BCUT2D eigenvalue weighted by molar-refractivity contribution is 0.0497. The van der Waals surface area contributed by atoms with Gasteiger partial charge in [0.05, 0.1) is 6.61 Å². The molecule has 1 aromatic heterocycles. The third-order valence-corrected chi connectivity index (χ3v) is 4.20. The monoisotopic (exact) mass is 329 g/mol. The molecule has 0 amide bonds. The van der Waals surface area contributed by atoms with Crippen LogP contribution in [0.2, 0.25) is 0 Å². The Bertz CT molecular complexity index is 706. The fourth-order valence-corrected chi connectivity index (χ4v) is 2.68. The Labute approximate surface area is 141 Å². The molecule has 0 spiro atoms. The zero-order valence-electron chi connectivity index (χ0n) is 13.9. The van der Waals surface area contributed by atoms with Gasteiger partial charge < -0.3 is 19.4 Å². The predicted molar refractivity (Wildman–Crippen MR) is 92.9 cm³/mol. The van der Waals surface area contributed by atoms with Gasteiger partial charge in [-0.1, -0.05) is 0 Å². The minimum Gasteiger partial charge on any atom is -0.493 e. The summed E-state index contributed by atoms with van der Waals surface area (Å²) in [5.74, 6) is 1.73. The van der Waals surface area contributed by atoms with Crippen molar-refractivity contribution in [2.75, 3.05) is 25.1 Å². The highest BCUT2D eigenvalue weighted by Crippen LogP contribution is 2.20. The summed E-state index contributed by atoms with van der Waals surface area (Å²) in [4.78, 5) is 16.3. The van der Waals surface area contributed by atoms with Crippen LogP contribution in [0.15, 0.2) is 41.5 Å². The third kappa shape index (κ3) is 4.14.